The number of nitrogens with zero attached hydrogens (tertiary/aromatic N) is 3. The first-order valence-corrected chi connectivity index (χ1v) is 8.30. The van der Waals surface area contributed by atoms with Crippen molar-refractivity contribution in [2.45, 2.75) is 33.7 Å². The molecule has 1 amide bonds. The van der Waals surface area contributed by atoms with E-state index in [1.165, 1.54) is 0 Å². The summed E-state index contributed by atoms with van der Waals surface area (Å²) < 4.78 is 0. The van der Waals surface area contributed by atoms with E-state index in [0.717, 1.165) is 24.5 Å². The number of nitrogens with one attached hydrogen (secondary N) is 2. The largest absolute Gasteiger partial charge is 0.372 e. The van der Waals surface area contributed by atoms with Crippen LogP contribution in [0, 0.1) is 0 Å². The van der Waals surface area contributed by atoms with Gasteiger partial charge in [-0.05, 0) is 64.1 Å². The fraction of sp³-hybridized carbons (Fsp3) is 0.389. The van der Waals surface area contributed by atoms with E-state index in [1.54, 1.807) is 12.1 Å². The summed E-state index contributed by atoms with van der Waals surface area (Å²) in [4.78, 5) is 14.5. The van der Waals surface area contributed by atoms with Crippen LogP contribution in [0.1, 0.15) is 38.2 Å². The summed E-state index contributed by atoms with van der Waals surface area (Å²) in [5, 5.41) is 14.0. The van der Waals surface area contributed by atoms with Crippen LogP contribution in [0.3, 0.4) is 0 Å². The van der Waals surface area contributed by atoms with E-state index in [9.17, 15) is 4.79 Å². The normalized spacial score (nSPS) is 10.5. The summed E-state index contributed by atoms with van der Waals surface area (Å²) in [5.41, 5.74) is 2.17. The van der Waals surface area contributed by atoms with Crippen LogP contribution in [0.15, 0.2) is 36.4 Å². The van der Waals surface area contributed by atoms with Gasteiger partial charge in [-0.3, -0.25) is 4.79 Å². The summed E-state index contributed by atoms with van der Waals surface area (Å²) in [6, 6.07) is 11.5. The van der Waals surface area contributed by atoms with Crippen molar-refractivity contribution < 1.29 is 4.79 Å². The van der Waals surface area contributed by atoms with E-state index in [4.69, 9.17) is 0 Å². The van der Waals surface area contributed by atoms with Crippen molar-refractivity contribution in [3.05, 3.63) is 42.1 Å². The lowest BCUT2D eigenvalue weighted by Gasteiger charge is -2.21. The average Bonchev–Trinajstić information content (AvgIpc) is 2.57. The minimum Gasteiger partial charge on any atom is -0.372 e. The lowest BCUT2D eigenvalue weighted by Crippen LogP contribution is -2.21. The third-order valence-corrected chi connectivity index (χ3v) is 3.59. The Hall–Kier alpha value is -2.63. The van der Waals surface area contributed by atoms with Gasteiger partial charge in [0.15, 0.2) is 5.69 Å². The van der Waals surface area contributed by atoms with Crippen molar-refractivity contribution >= 4 is 23.1 Å². The van der Waals surface area contributed by atoms with Crippen LogP contribution in [0.4, 0.5) is 17.2 Å². The number of aromatic nitrogens is 2. The fourth-order valence-corrected chi connectivity index (χ4v) is 2.37. The highest BCUT2D eigenvalue weighted by atomic mass is 16.1. The van der Waals surface area contributed by atoms with Crippen molar-refractivity contribution in [1.82, 2.24) is 10.2 Å². The second kappa shape index (κ2) is 8.29. The van der Waals surface area contributed by atoms with E-state index in [2.05, 4.69) is 39.6 Å². The zero-order valence-electron chi connectivity index (χ0n) is 14.7. The van der Waals surface area contributed by atoms with Crippen LogP contribution in [0.5, 0.6) is 0 Å². The summed E-state index contributed by atoms with van der Waals surface area (Å²) in [7, 11) is 0. The molecule has 6 heteroatoms. The number of anilines is 3. The standard InChI is InChI=1S/C18H25N5O/c1-5-23(6-2)15-9-7-14(8-10-15)20-18(24)16-11-12-17(22-21-16)19-13(3)4/h7-13H,5-6H2,1-4H3,(H,19,22)(H,20,24). The number of rotatable bonds is 7. The molecule has 0 saturated carbocycles. The lowest BCUT2D eigenvalue weighted by atomic mass is 10.2. The van der Waals surface area contributed by atoms with Gasteiger partial charge >= 0.3 is 0 Å². The maximum absolute atomic E-state index is 12.2. The summed E-state index contributed by atoms with van der Waals surface area (Å²) >= 11 is 0. The number of carbonyl (C=O) groups excluding carboxylic acids is 1. The molecular formula is C18H25N5O. The molecule has 0 radical (unpaired) electrons. The topological polar surface area (TPSA) is 70.2 Å². The predicted molar refractivity (Wildman–Crippen MR) is 98.7 cm³/mol. The molecule has 0 fully saturated rings. The molecule has 0 aliphatic rings. The molecule has 2 aromatic rings. The molecule has 0 bridgehead atoms. The minimum atomic E-state index is -0.269. The Balaban J connectivity index is 2.01. The van der Waals surface area contributed by atoms with Crippen LogP contribution >= 0.6 is 0 Å². The van der Waals surface area contributed by atoms with E-state index in [1.807, 2.05) is 38.1 Å². The molecule has 1 aromatic heterocycles. The number of amides is 1. The molecule has 0 spiro atoms. The highest BCUT2D eigenvalue weighted by Crippen LogP contribution is 2.18. The van der Waals surface area contributed by atoms with Gasteiger partial charge < -0.3 is 15.5 Å². The molecule has 2 N–H and O–H groups in total. The third kappa shape index (κ3) is 4.68. The molecule has 0 aliphatic carbocycles. The van der Waals surface area contributed by atoms with Gasteiger partial charge in [-0.25, -0.2) is 0 Å². The Morgan fingerprint density at radius 3 is 2.21 bits per heavy atom. The molecule has 128 valence electrons. The van der Waals surface area contributed by atoms with Crippen LogP contribution in [0.25, 0.3) is 0 Å². The molecule has 2 rings (SSSR count). The van der Waals surface area contributed by atoms with Gasteiger partial charge in [0.05, 0.1) is 0 Å². The van der Waals surface area contributed by atoms with E-state index >= 15 is 0 Å². The number of benzene rings is 1. The van der Waals surface area contributed by atoms with Crippen LogP contribution in [0.2, 0.25) is 0 Å². The third-order valence-electron chi connectivity index (χ3n) is 3.59. The second-order valence-corrected chi connectivity index (χ2v) is 5.78. The molecule has 6 nitrogen and oxygen atoms in total. The maximum Gasteiger partial charge on any atom is 0.276 e. The Bertz CT molecular complexity index is 648. The van der Waals surface area contributed by atoms with Crippen molar-refractivity contribution in [2.75, 3.05) is 28.6 Å². The first-order chi connectivity index (χ1) is 11.5. The van der Waals surface area contributed by atoms with Crippen molar-refractivity contribution in [3.8, 4) is 0 Å². The quantitative estimate of drug-likeness (QED) is 0.815. The zero-order chi connectivity index (χ0) is 17.5. The smallest absolute Gasteiger partial charge is 0.276 e. The molecule has 1 heterocycles. The Labute approximate surface area is 143 Å². The van der Waals surface area contributed by atoms with E-state index in [-0.39, 0.29) is 17.6 Å². The highest BCUT2D eigenvalue weighted by molar-refractivity contribution is 6.02. The minimum absolute atomic E-state index is 0.267. The molecule has 0 atom stereocenters. The Kier molecular flexibility index (Phi) is 6.12. The first-order valence-electron chi connectivity index (χ1n) is 8.30. The van der Waals surface area contributed by atoms with Gasteiger partial charge in [-0.15, -0.1) is 10.2 Å². The predicted octanol–water partition coefficient (Wildman–Crippen LogP) is 3.40. The lowest BCUT2D eigenvalue weighted by molar-refractivity contribution is 0.102. The molecule has 24 heavy (non-hydrogen) atoms. The fourth-order valence-electron chi connectivity index (χ4n) is 2.37. The number of carbonyl (C=O) groups is 1. The average molecular weight is 327 g/mol. The number of hydrogen-bond acceptors (Lipinski definition) is 5. The Morgan fingerprint density at radius 1 is 1.04 bits per heavy atom. The van der Waals surface area contributed by atoms with Crippen LogP contribution in [-0.2, 0) is 0 Å². The van der Waals surface area contributed by atoms with E-state index in [0.29, 0.717) is 5.82 Å². The summed E-state index contributed by atoms with van der Waals surface area (Å²) in [6.07, 6.45) is 0. The maximum atomic E-state index is 12.2. The highest BCUT2D eigenvalue weighted by Gasteiger charge is 2.09. The van der Waals surface area contributed by atoms with Gasteiger partial charge in [0.2, 0.25) is 0 Å². The second-order valence-electron chi connectivity index (χ2n) is 5.78. The molecule has 0 saturated heterocycles. The van der Waals surface area contributed by atoms with Gasteiger partial charge in [-0.2, -0.15) is 0 Å². The molecule has 0 aliphatic heterocycles. The first kappa shape index (κ1) is 17.7. The molecule has 1 aromatic carbocycles. The van der Waals surface area contributed by atoms with Gasteiger partial charge in [0.25, 0.3) is 5.91 Å². The zero-order valence-corrected chi connectivity index (χ0v) is 14.7. The number of hydrogen-bond donors (Lipinski definition) is 2. The summed E-state index contributed by atoms with van der Waals surface area (Å²) in [5.74, 6) is 0.388. The van der Waals surface area contributed by atoms with Gasteiger partial charge in [0, 0.05) is 30.5 Å². The van der Waals surface area contributed by atoms with Crippen molar-refractivity contribution in [1.29, 1.82) is 0 Å². The SMILES string of the molecule is CCN(CC)c1ccc(NC(=O)c2ccc(NC(C)C)nn2)cc1. The van der Waals surface area contributed by atoms with Crippen LogP contribution < -0.4 is 15.5 Å². The van der Waals surface area contributed by atoms with Gasteiger partial charge in [-0.1, -0.05) is 0 Å². The van der Waals surface area contributed by atoms with Crippen LogP contribution in [-0.4, -0.2) is 35.2 Å². The van der Waals surface area contributed by atoms with Gasteiger partial charge in [0.1, 0.15) is 5.82 Å². The molecule has 0 unspecified atom stereocenters. The Morgan fingerprint density at radius 2 is 1.71 bits per heavy atom. The van der Waals surface area contributed by atoms with Crippen molar-refractivity contribution in [3.63, 3.8) is 0 Å². The monoisotopic (exact) mass is 327 g/mol. The molecular weight excluding hydrogens is 302 g/mol. The summed E-state index contributed by atoms with van der Waals surface area (Å²) in [6.45, 7) is 10.2. The van der Waals surface area contributed by atoms with E-state index < -0.39 is 0 Å². The van der Waals surface area contributed by atoms with Crippen molar-refractivity contribution in [2.24, 2.45) is 0 Å².